The minimum atomic E-state index is -0.118. The molecule has 3 aromatic rings. The summed E-state index contributed by atoms with van der Waals surface area (Å²) in [5.74, 6) is 1.62. The highest BCUT2D eigenvalue weighted by molar-refractivity contribution is 7.99. The van der Waals surface area contributed by atoms with Crippen LogP contribution in [0.25, 0.3) is 11.3 Å². The van der Waals surface area contributed by atoms with E-state index in [4.69, 9.17) is 9.47 Å². The van der Waals surface area contributed by atoms with Crippen molar-refractivity contribution >= 4 is 23.1 Å². The summed E-state index contributed by atoms with van der Waals surface area (Å²) >= 11 is 1.70. The van der Waals surface area contributed by atoms with E-state index in [9.17, 15) is 4.79 Å². The van der Waals surface area contributed by atoms with Crippen molar-refractivity contribution < 1.29 is 9.47 Å². The van der Waals surface area contributed by atoms with Gasteiger partial charge in [0.2, 0.25) is 5.56 Å². The number of aromatic nitrogens is 1. The largest absolute Gasteiger partial charge is 0.454 e. The number of benzene rings is 2. The third kappa shape index (κ3) is 4.21. The molecule has 0 amide bonds. The van der Waals surface area contributed by atoms with E-state index in [0.717, 1.165) is 76.5 Å². The monoisotopic (exact) mass is 462 g/mol. The maximum Gasteiger partial charge on any atom is 0.250 e. The Morgan fingerprint density at radius 3 is 2.82 bits per heavy atom. The van der Waals surface area contributed by atoms with Crippen LogP contribution in [0.15, 0.2) is 63.1 Å². The van der Waals surface area contributed by atoms with Crippen LogP contribution in [-0.2, 0) is 4.74 Å². The molecule has 1 atom stereocenters. The van der Waals surface area contributed by atoms with Gasteiger partial charge in [0, 0.05) is 48.7 Å². The summed E-state index contributed by atoms with van der Waals surface area (Å²) in [5, 5.41) is 7.00. The molecule has 8 heteroatoms. The number of morpholine rings is 1. The number of nitrogens with one attached hydrogen (secondary N) is 3. The second kappa shape index (κ2) is 8.78. The smallest absolute Gasteiger partial charge is 0.250 e. The van der Waals surface area contributed by atoms with E-state index < -0.39 is 0 Å². The molecular weight excluding hydrogens is 436 g/mol. The maximum atomic E-state index is 12.5. The van der Waals surface area contributed by atoms with Crippen molar-refractivity contribution in [2.45, 2.75) is 22.3 Å². The van der Waals surface area contributed by atoms with Gasteiger partial charge in [-0.05, 0) is 49.4 Å². The lowest BCUT2D eigenvalue weighted by Gasteiger charge is -2.29. The fraction of sp³-hybridized carbons (Fsp3) is 0.320. The summed E-state index contributed by atoms with van der Waals surface area (Å²) in [6, 6.07) is 16.5. The zero-order valence-electron chi connectivity index (χ0n) is 18.2. The normalized spacial score (nSPS) is 19.5. The second-order valence-electron chi connectivity index (χ2n) is 8.55. The van der Waals surface area contributed by atoms with Gasteiger partial charge in [-0.1, -0.05) is 17.8 Å². The molecule has 33 heavy (non-hydrogen) atoms. The first-order valence-electron chi connectivity index (χ1n) is 11.4. The summed E-state index contributed by atoms with van der Waals surface area (Å²) in [7, 11) is 0. The summed E-state index contributed by atoms with van der Waals surface area (Å²) in [6.07, 6.45) is 1.13. The molecule has 1 aromatic heterocycles. The Morgan fingerprint density at radius 2 is 1.97 bits per heavy atom. The SMILES string of the molecule is O=c1cc(N2CCOCC2)cc(-c2cccc3c2Oc2ccc(NC4CCNC4)cc2S3)[nH]1. The Kier molecular flexibility index (Phi) is 5.49. The molecule has 0 bridgehead atoms. The summed E-state index contributed by atoms with van der Waals surface area (Å²) in [5.41, 5.74) is 3.55. The van der Waals surface area contributed by atoms with Crippen LogP contribution in [-0.4, -0.2) is 50.4 Å². The summed E-state index contributed by atoms with van der Waals surface area (Å²) < 4.78 is 11.9. The Labute approximate surface area is 196 Å². The number of para-hydroxylation sites is 1. The van der Waals surface area contributed by atoms with E-state index in [1.165, 1.54) is 0 Å². The Balaban J connectivity index is 1.31. The van der Waals surface area contributed by atoms with Gasteiger partial charge in [0.25, 0.3) is 0 Å². The van der Waals surface area contributed by atoms with Crippen LogP contribution in [0.3, 0.4) is 0 Å². The molecular formula is C25H26N4O3S. The van der Waals surface area contributed by atoms with E-state index in [-0.39, 0.29) is 5.56 Å². The summed E-state index contributed by atoms with van der Waals surface area (Å²) in [6.45, 7) is 4.96. The number of pyridine rings is 1. The van der Waals surface area contributed by atoms with Crippen LogP contribution in [0.1, 0.15) is 6.42 Å². The topological polar surface area (TPSA) is 78.6 Å². The molecule has 0 spiro atoms. The lowest BCUT2D eigenvalue weighted by molar-refractivity contribution is 0.122. The quantitative estimate of drug-likeness (QED) is 0.424. The third-order valence-electron chi connectivity index (χ3n) is 6.28. The lowest BCUT2D eigenvalue weighted by atomic mass is 10.1. The van der Waals surface area contributed by atoms with Crippen molar-refractivity contribution in [1.82, 2.24) is 10.3 Å². The van der Waals surface area contributed by atoms with Gasteiger partial charge in [-0.2, -0.15) is 0 Å². The molecule has 2 saturated heterocycles. The molecule has 3 aliphatic rings. The maximum absolute atomic E-state index is 12.5. The van der Waals surface area contributed by atoms with Crippen molar-refractivity contribution in [2.24, 2.45) is 0 Å². The standard InChI is InChI=1S/C25H26N4O3S/c30-24-14-18(29-8-10-31-11-9-29)13-20(28-24)19-2-1-3-22-25(19)32-21-5-4-16(12-23(21)33-22)27-17-6-7-26-15-17/h1-5,12-14,17,26-27H,6-11,15H2,(H,28,30). The first-order chi connectivity index (χ1) is 16.2. The third-order valence-corrected chi connectivity index (χ3v) is 7.36. The first-order valence-corrected chi connectivity index (χ1v) is 12.2. The molecule has 3 N–H and O–H groups in total. The van der Waals surface area contributed by atoms with E-state index >= 15 is 0 Å². The molecule has 2 aromatic carbocycles. The highest BCUT2D eigenvalue weighted by Gasteiger charge is 2.23. The number of nitrogens with zero attached hydrogens (tertiary/aromatic N) is 1. The van der Waals surface area contributed by atoms with Gasteiger partial charge in [-0.15, -0.1) is 0 Å². The predicted octanol–water partition coefficient (Wildman–Crippen LogP) is 3.91. The predicted molar refractivity (Wildman–Crippen MR) is 131 cm³/mol. The fourth-order valence-electron chi connectivity index (χ4n) is 4.60. The van der Waals surface area contributed by atoms with Gasteiger partial charge >= 0.3 is 0 Å². The van der Waals surface area contributed by atoms with Crippen molar-refractivity contribution in [3.05, 3.63) is 58.9 Å². The highest BCUT2D eigenvalue weighted by Crippen LogP contribution is 2.51. The minimum Gasteiger partial charge on any atom is -0.454 e. The number of hydrogen-bond donors (Lipinski definition) is 3. The number of hydrogen-bond acceptors (Lipinski definition) is 7. The lowest BCUT2D eigenvalue weighted by Crippen LogP contribution is -2.36. The molecule has 170 valence electrons. The number of aromatic amines is 1. The van der Waals surface area contributed by atoms with Crippen molar-refractivity contribution in [3.63, 3.8) is 0 Å². The van der Waals surface area contributed by atoms with Crippen molar-refractivity contribution in [2.75, 3.05) is 49.6 Å². The van der Waals surface area contributed by atoms with Gasteiger partial charge < -0.3 is 30.0 Å². The molecule has 0 aliphatic carbocycles. The Bertz CT molecular complexity index is 1230. The Morgan fingerprint density at radius 1 is 1.06 bits per heavy atom. The van der Waals surface area contributed by atoms with Crippen LogP contribution >= 0.6 is 11.8 Å². The van der Waals surface area contributed by atoms with Gasteiger partial charge in [-0.25, -0.2) is 0 Å². The van der Waals surface area contributed by atoms with E-state index in [1.54, 1.807) is 17.8 Å². The first kappa shape index (κ1) is 20.7. The zero-order valence-corrected chi connectivity index (χ0v) is 19.0. The fourth-order valence-corrected chi connectivity index (χ4v) is 5.62. The molecule has 2 fully saturated rings. The van der Waals surface area contributed by atoms with Crippen molar-refractivity contribution in [1.29, 1.82) is 0 Å². The number of anilines is 2. The molecule has 1 unspecified atom stereocenters. The van der Waals surface area contributed by atoms with E-state index in [2.05, 4.69) is 38.7 Å². The average Bonchev–Trinajstić information content (AvgIpc) is 3.35. The molecule has 0 saturated carbocycles. The second-order valence-corrected chi connectivity index (χ2v) is 9.63. The van der Waals surface area contributed by atoms with Crippen LogP contribution in [0.5, 0.6) is 11.5 Å². The number of H-pyrrole nitrogens is 1. The number of ether oxygens (including phenoxy) is 2. The minimum absolute atomic E-state index is 0.118. The molecule has 7 nitrogen and oxygen atoms in total. The van der Waals surface area contributed by atoms with Crippen molar-refractivity contribution in [3.8, 4) is 22.8 Å². The summed E-state index contributed by atoms with van der Waals surface area (Å²) in [4.78, 5) is 19.8. The molecule has 3 aliphatic heterocycles. The highest BCUT2D eigenvalue weighted by atomic mass is 32.2. The van der Waals surface area contributed by atoms with Crippen LogP contribution < -0.4 is 25.8 Å². The van der Waals surface area contributed by atoms with E-state index in [0.29, 0.717) is 19.3 Å². The molecule has 4 heterocycles. The van der Waals surface area contributed by atoms with Crippen LogP contribution in [0.4, 0.5) is 11.4 Å². The van der Waals surface area contributed by atoms with E-state index in [1.807, 2.05) is 24.3 Å². The average molecular weight is 463 g/mol. The number of rotatable bonds is 4. The molecule has 6 rings (SSSR count). The zero-order chi connectivity index (χ0) is 22.2. The Hall–Kier alpha value is -2.94. The molecule has 0 radical (unpaired) electrons. The van der Waals surface area contributed by atoms with Gasteiger partial charge in [0.1, 0.15) is 5.75 Å². The van der Waals surface area contributed by atoms with Gasteiger partial charge in [0.15, 0.2) is 5.75 Å². The van der Waals surface area contributed by atoms with Gasteiger partial charge in [0.05, 0.1) is 28.7 Å². The van der Waals surface area contributed by atoms with Crippen LogP contribution in [0.2, 0.25) is 0 Å². The number of fused-ring (bicyclic) bond motifs is 2. The van der Waals surface area contributed by atoms with Gasteiger partial charge in [-0.3, -0.25) is 4.79 Å². The van der Waals surface area contributed by atoms with Crippen LogP contribution in [0, 0.1) is 0 Å².